The van der Waals surface area contributed by atoms with Crippen LogP contribution in [0, 0.1) is 0 Å². The van der Waals surface area contributed by atoms with Crippen LogP contribution < -0.4 is 4.74 Å². The van der Waals surface area contributed by atoms with Gasteiger partial charge in [0.15, 0.2) is 5.78 Å². The first kappa shape index (κ1) is 18.2. The van der Waals surface area contributed by atoms with Crippen molar-refractivity contribution in [2.45, 2.75) is 25.4 Å². The minimum atomic E-state index is -0.0672. The molecule has 3 aromatic rings. The normalized spacial score (nSPS) is 16.3. The van der Waals surface area contributed by atoms with Gasteiger partial charge in [-0.15, -0.1) is 0 Å². The van der Waals surface area contributed by atoms with Gasteiger partial charge < -0.3 is 9.64 Å². The maximum Gasteiger partial charge on any atom is 0.223 e. The van der Waals surface area contributed by atoms with E-state index in [2.05, 4.69) is 4.98 Å². The van der Waals surface area contributed by atoms with Crippen molar-refractivity contribution < 1.29 is 14.3 Å². The van der Waals surface area contributed by atoms with Gasteiger partial charge in [-0.3, -0.25) is 9.59 Å². The molecule has 2 heterocycles. The molecule has 4 rings (SSSR count). The van der Waals surface area contributed by atoms with E-state index in [4.69, 9.17) is 4.74 Å². The van der Waals surface area contributed by atoms with E-state index < -0.39 is 0 Å². The van der Waals surface area contributed by atoms with Crippen LogP contribution in [0.5, 0.6) is 5.88 Å². The van der Waals surface area contributed by atoms with E-state index in [0.717, 1.165) is 17.3 Å². The number of fused-ring (bicyclic) bond motifs is 1. The largest absolute Gasteiger partial charge is 0.472 e. The van der Waals surface area contributed by atoms with Crippen molar-refractivity contribution >= 4 is 22.6 Å². The van der Waals surface area contributed by atoms with Crippen molar-refractivity contribution in [1.82, 2.24) is 9.88 Å². The molecular weight excluding hydrogens is 352 g/mol. The van der Waals surface area contributed by atoms with Crippen LogP contribution in [0.2, 0.25) is 0 Å². The summed E-state index contributed by atoms with van der Waals surface area (Å²) >= 11 is 0. The molecule has 5 nitrogen and oxygen atoms in total. The molecule has 0 saturated carbocycles. The molecule has 1 fully saturated rings. The summed E-state index contributed by atoms with van der Waals surface area (Å²) in [5.74, 6) is 0.584. The standard InChI is InChI=1S/C23H22N2O3/c26-21(18-7-2-1-3-8-18)11-13-23(27)25-15-14-19(16-25)28-22-12-10-17-6-4-5-9-20(17)24-22/h1-10,12,19H,11,13-16H2/t19-/m1/s1. The highest BCUT2D eigenvalue weighted by Gasteiger charge is 2.28. The summed E-state index contributed by atoms with van der Waals surface area (Å²) in [5, 5.41) is 1.07. The van der Waals surface area contributed by atoms with E-state index in [1.807, 2.05) is 54.6 Å². The molecule has 0 unspecified atom stereocenters. The van der Waals surface area contributed by atoms with Gasteiger partial charge >= 0.3 is 0 Å². The lowest BCUT2D eigenvalue weighted by atomic mass is 10.1. The highest BCUT2D eigenvalue weighted by molar-refractivity contribution is 5.97. The van der Waals surface area contributed by atoms with Crippen molar-refractivity contribution in [2.75, 3.05) is 13.1 Å². The van der Waals surface area contributed by atoms with E-state index in [9.17, 15) is 9.59 Å². The van der Waals surface area contributed by atoms with Gasteiger partial charge in [-0.05, 0) is 12.1 Å². The summed E-state index contributed by atoms with van der Waals surface area (Å²) in [6, 6.07) is 20.9. The first-order chi connectivity index (χ1) is 13.7. The molecule has 0 spiro atoms. The van der Waals surface area contributed by atoms with Crippen LogP contribution in [0.15, 0.2) is 66.7 Å². The Morgan fingerprint density at radius 2 is 1.75 bits per heavy atom. The summed E-state index contributed by atoms with van der Waals surface area (Å²) in [6.07, 6.45) is 1.17. The fourth-order valence-electron chi connectivity index (χ4n) is 3.48. The molecule has 1 saturated heterocycles. The molecule has 0 bridgehead atoms. The summed E-state index contributed by atoms with van der Waals surface area (Å²) in [4.78, 5) is 30.9. The van der Waals surface area contributed by atoms with Crippen molar-refractivity contribution in [2.24, 2.45) is 0 Å². The Morgan fingerprint density at radius 1 is 0.964 bits per heavy atom. The maximum atomic E-state index is 12.5. The fraction of sp³-hybridized carbons (Fsp3) is 0.261. The van der Waals surface area contributed by atoms with Gasteiger partial charge in [-0.1, -0.05) is 48.5 Å². The quantitative estimate of drug-likeness (QED) is 0.615. The molecule has 28 heavy (non-hydrogen) atoms. The van der Waals surface area contributed by atoms with E-state index in [0.29, 0.717) is 24.5 Å². The average Bonchev–Trinajstić information content (AvgIpc) is 3.21. The number of ketones is 1. The Balaban J connectivity index is 1.29. The first-order valence-electron chi connectivity index (χ1n) is 9.57. The molecule has 1 amide bonds. The number of ether oxygens (including phenoxy) is 1. The second kappa shape index (κ2) is 8.21. The molecule has 5 heteroatoms. The SMILES string of the molecule is O=C(CCC(=O)N1CC[C@@H](Oc2ccc3ccccc3n2)C1)c1ccccc1. The zero-order chi connectivity index (χ0) is 19.3. The van der Waals surface area contributed by atoms with Crippen LogP contribution >= 0.6 is 0 Å². The number of pyridine rings is 1. The summed E-state index contributed by atoms with van der Waals surface area (Å²) in [5.41, 5.74) is 1.55. The third kappa shape index (κ3) is 4.19. The van der Waals surface area contributed by atoms with Crippen LogP contribution in [0.3, 0.4) is 0 Å². The number of carbonyl (C=O) groups excluding carboxylic acids is 2. The molecule has 142 valence electrons. The number of para-hydroxylation sites is 1. The Hall–Kier alpha value is -3.21. The summed E-state index contributed by atoms with van der Waals surface area (Å²) in [6.45, 7) is 1.18. The van der Waals surface area contributed by atoms with E-state index in [-0.39, 0.29) is 30.6 Å². The van der Waals surface area contributed by atoms with Gasteiger partial charge in [0.25, 0.3) is 0 Å². The van der Waals surface area contributed by atoms with Gasteiger partial charge in [0, 0.05) is 42.8 Å². The minimum Gasteiger partial charge on any atom is -0.472 e. The number of amides is 1. The van der Waals surface area contributed by atoms with Gasteiger partial charge in [0.2, 0.25) is 11.8 Å². The highest BCUT2D eigenvalue weighted by atomic mass is 16.5. The number of benzene rings is 2. The van der Waals surface area contributed by atoms with Crippen molar-refractivity contribution in [1.29, 1.82) is 0 Å². The van der Waals surface area contributed by atoms with Crippen molar-refractivity contribution in [3.05, 3.63) is 72.3 Å². The smallest absolute Gasteiger partial charge is 0.223 e. The first-order valence-corrected chi connectivity index (χ1v) is 9.57. The predicted molar refractivity (Wildman–Crippen MR) is 107 cm³/mol. The number of Topliss-reactive ketones (excluding diaryl/α,β-unsaturated/α-hetero) is 1. The lowest BCUT2D eigenvalue weighted by Crippen LogP contribution is -2.31. The topological polar surface area (TPSA) is 59.5 Å². The summed E-state index contributed by atoms with van der Waals surface area (Å²) < 4.78 is 5.99. The second-order valence-electron chi connectivity index (χ2n) is 7.00. The van der Waals surface area contributed by atoms with Gasteiger partial charge in [-0.25, -0.2) is 4.98 Å². The molecule has 0 aliphatic carbocycles. The molecule has 1 atom stereocenters. The van der Waals surface area contributed by atoms with Gasteiger partial charge in [0.05, 0.1) is 12.1 Å². The Labute approximate surface area is 163 Å². The number of nitrogens with zero attached hydrogens (tertiary/aromatic N) is 2. The third-order valence-corrected chi connectivity index (χ3v) is 5.02. The number of likely N-dealkylation sites (tertiary alicyclic amines) is 1. The maximum absolute atomic E-state index is 12.5. The summed E-state index contributed by atoms with van der Waals surface area (Å²) in [7, 11) is 0. The van der Waals surface area contributed by atoms with Crippen molar-refractivity contribution in [3.63, 3.8) is 0 Å². The molecular formula is C23H22N2O3. The van der Waals surface area contributed by atoms with Crippen LogP contribution in [-0.2, 0) is 4.79 Å². The molecule has 1 aromatic heterocycles. The molecule has 1 aliphatic heterocycles. The molecule has 0 N–H and O–H groups in total. The lowest BCUT2D eigenvalue weighted by Gasteiger charge is -2.17. The van der Waals surface area contributed by atoms with Gasteiger partial charge in [0.1, 0.15) is 6.10 Å². The molecule has 1 aliphatic rings. The number of carbonyl (C=O) groups is 2. The number of hydrogen-bond acceptors (Lipinski definition) is 4. The van der Waals surface area contributed by atoms with Crippen molar-refractivity contribution in [3.8, 4) is 5.88 Å². The number of rotatable bonds is 6. The molecule has 2 aromatic carbocycles. The van der Waals surface area contributed by atoms with Crippen LogP contribution in [0.25, 0.3) is 10.9 Å². The monoisotopic (exact) mass is 374 g/mol. The average molecular weight is 374 g/mol. The van der Waals surface area contributed by atoms with E-state index >= 15 is 0 Å². The van der Waals surface area contributed by atoms with Crippen LogP contribution in [0.4, 0.5) is 0 Å². The fourth-order valence-corrected chi connectivity index (χ4v) is 3.48. The number of hydrogen-bond donors (Lipinski definition) is 0. The van der Waals surface area contributed by atoms with Gasteiger partial charge in [-0.2, -0.15) is 0 Å². The Kier molecular flexibility index (Phi) is 5.33. The number of aromatic nitrogens is 1. The van der Waals surface area contributed by atoms with E-state index in [1.165, 1.54) is 0 Å². The zero-order valence-electron chi connectivity index (χ0n) is 15.6. The van der Waals surface area contributed by atoms with E-state index in [1.54, 1.807) is 17.0 Å². The zero-order valence-corrected chi connectivity index (χ0v) is 15.6. The second-order valence-corrected chi connectivity index (χ2v) is 7.00. The van der Waals surface area contributed by atoms with Crippen LogP contribution in [0.1, 0.15) is 29.6 Å². The minimum absolute atomic E-state index is 0.00121. The predicted octanol–water partition coefficient (Wildman–Crippen LogP) is 3.88. The molecule has 0 radical (unpaired) electrons. The lowest BCUT2D eigenvalue weighted by molar-refractivity contribution is -0.130. The Morgan fingerprint density at radius 3 is 2.61 bits per heavy atom. The van der Waals surface area contributed by atoms with Crippen LogP contribution in [-0.4, -0.2) is 40.8 Å². The Bertz CT molecular complexity index is 987. The highest BCUT2D eigenvalue weighted by Crippen LogP contribution is 2.21. The third-order valence-electron chi connectivity index (χ3n) is 5.02.